The van der Waals surface area contributed by atoms with Crippen molar-refractivity contribution in [3.63, 3.8) is 0 Å². The van der Waals surface area contributed by atoms with Crippen molar-refractivity contribution in [1.82, 2.24) is 9.47 Å². The van der Waals surface area contributed by atoms with Crippen LogP contribution in [0.25, 0.3) is 10.2 Å². The van der Waals surface area contributed by atoms with Gasteiger partial charge in [-0.2, -0.15) is 0 Å². The van der Waals surface area contributed by atoms with Crippen LogP contribution in [0.2, 0.25) is 0 Å². The number of hydrogen-bond acceptors (Lipinski definition) is 4. The first-order chi connectivity index (χ1) is 14.1. The predicted molar refractivity (Wildman–Crippen MR) is 111 cm³/mol. The molecule has 1 aliphatic heterocycles. The number of halogens is 1. The van der Waals surface area contributed by atoms with Gasteiger partial charge in [0.05, 0.1) is 12.5 Å². The van der Waals surface area contributed by atoms with Crippen LogP contribution < -0.4 is 0 Å². The Balaban J connectivity index is 1.62. The van der Waals surface area contributed by atoms with Crippen molar-refractivity contribution in [3.8, 4) is 0 Å². The molecule has 5 nitrogen and oxygen atoms in total. The lowest BCUT2D eigenvalue weighted by Crippen LogP contribution is -2.43. The number of likely N-dealkylation sites (tertiary alicyclic amines) is 1. The minimum atomic E-state index is -0.293. The number of aromatic nitrogens is 1. The van der Waals surface area contributed by atoms with E-state index < -0.39 is 0 Å². The molecule has 0 aliphatic carbocycles. The van der Waals surface area contributed by atoms with Gasteiger partial charge in [-0.3, -0.25) is 9.59 Å². The standard InChI is InChI=1S/C22H23FN2O3S/c1-2-28-22(27)17-6-4-9-24(14-17)20(26)19-12-16-8-10-29-21(16)25(19)13-15-5-3-7-18(23)11-15/h3,5,7-8,10-12,17H,2,4,6,9,13-14H2,1H3/t17-/m1/s1. The molecule has 0 bridgehead atoms. The highest BCUT2D eigenvalue weighted by Gasteiger charge is 2.31. The molecule has 7 heteroatoms. The number of carbonyl (C=O) groups is 2. The Morgan fingerprint density at radius 1 is 1.28 bits per heavy atom. The molecule has 1 amide bonds. The normalized spacial score (nSPS) is 16.9. The summed E-state index contributed by atoms with van der Waals surface area (Å²) in [5.74, 6) is -0.904. The van der Waals surface area contributed by atoms with E-state index in [-0.39, 0.29) is 23.6 Å². The molecule has 152 valence electrons. The Hall–Kier alpha value is -2.67. The summed E-state index contributed by atoms with van der Waals surface area (Å²) in [6, 6.07) is 10.3. The fraction of sp³-hybridized carbons (Fsp3) is 0.364. The van der Waals surface area contributed by atoms with Crippen molar-refractivity contribution in [3.05, 3.63) is 58.9 Å². The van der Waals surface area contributed by atoms with Gasteiger partial charge in [-0.1, -0.05) is 12.1 Å². The average molecular weight is 415 g/mol. The molecule has 1 atom stereocenters. The lowest BCUT2D eigenvalue weighted by atomic mass is 9.98. The Labute approximate surface area is 172 Å². The fourth-order valence-electron chi connectivity index (χ4n) is 3.90. The summed E-state index contributed by atoms with van der Waals surface area (Å²) < 4.78 is 20.8. The van der Waals surface area contributed by atoms with Gasteiger partial charge >= 0.3 is 5.97 Å². The third kappa shape index (κ3) is 4.05. The van der Waals surface area contributed by atoms with Crippen molar-refractivity contribution in [2.24, 2.45) is 5.92 Å². The van der Waals surface area contributed by atoms with Crippen molar-refractivity contribution < 1.29 is 18.7 Å². The summed E-state index contributed by atoms with van der Waals surface area (Å²) >= 11 is 1.56. The molecule has 29 heavy (non-hydrogen) atoms. The summed E-state index contributed by atoms with van der Waals surface area (Å²) in [6.07, 6.45) is 1.51. The second-order valence-electron chi connectivity index (χ2n) is 7.27. The smallest absolute Gasteiger partial charge is 0.310 e. The molecule has 1 aromatic carbocycles. The first kappa shape index (κ1) is 19.6. The van der Waals surface area contributed by atoms with Crippen LogP contribution in [-0.4, -0.2) is 41.0 Å². The highest BCUT2D eigenvalue weighted by atomic mass is 32.1. The van der Waals surface area contributed by atoms with Gasteiger partial charge in [0.15, 0.2) is 0 Å². The Morgan fingerprint density at radius 3 is 2.93 bits per heavy atom. The number of carbonyl (C=O) groups excluding carboxylic acids is 2. The van der Waals surface area contributed by atoms with E-state index in [4.69, 9.17) is 4.74 Å². The summed E-state index contributed by atoms with van der Waals surface area (Å²) in [5, 5.41) is 2.98. The van der Waals surface area contributed by atoms with Crippen molar-refractivity contribution in [1.29, 1.82) is 0 Å². The summed E-state index contributed by atoms with van der Waals surface area (Å²) in [5.41, 5.74) is 1.37. The van der Waals surface area contributed by atoms with Crippen LogP contribution in [0.15, 0.2) is 41.8 Å². The monoisotopic (exact) mass is 414 g/mol. The molecular weight excluding hydrogens is 391 g/mol. The van der Waals surface area contributed by atoms with E-state index in [1.165, 1.54) is 12.1 Å². The van der Waals surface area contributed by atoms with Crippen LogP contribution in [0.1, 0.15) is 35.8 Å². The average Bonchev–Trinajstić information content (AvgIpc) is 3.30. The minimum absolute atomic E-state index is 0.0983. The number of ether oxygens (including phenoxy) is 1. The second-order valence-corrected chi connectivity index (χ2v) is 8.16. The highest BCUT2D eigenvalue weighted by molar-refractivity contribution is 7.16. The molecule has 0 radical (unpaired) electrons. The number of hydrogen-bond donors (Lipinski definition) is 0. The van der Waals surface area contributed by atoms with Gasteiger partial charge < -0.3 is 14.2 Å². The lowest BCUT2D eigenvalue weighted by molar-refractivity contribution is -0.149. The maximum atomic E-state index is 13.7. The Kier molecular flexibility index (Phi) is 5.67. The zero-order chi connectivity index (χ0) is 20.4. The molecule has 3 aromatic rings. The van der Waals surface area contributed by atoms with Gasteiger partial charge in [0, 0.05) is 25.0 Å². The fourth-order valence-corrected chi connectivity index (χ4v) is 4.80. The van der Waals surface area contributed by atoms with Crippen LogP contribution in [0, 0.1) is 11.7 Å². The zero-order valence-electron chi connectivity index (χ0n) is 16.3. The topological polar surface area (TPSA) is 51.5 Å². The zero-order valence-corrected chi connectivity index (χ0v) is 17.1. The van der Waals surface area contributed by atoms with Gasteiger partial charge in [0.1, 0.15) is 16.3 Å². The number of benzene rings is 1. The molecule has 0 spiro atoms. The van der Waals surface area contributed by atoms with E-state index in [0.717, 1.165) is 28.6 Å². The second kappa shape index (κ2) is 8.37. The number of nitrogens with zero attached hydrogens (tertiary/aromatic N) is 2. The van der Waals surface area contributed by atoms with E-state index in [0.29, 0.717) is 31.9 Å². The third-order valence-corrected chi connectivity index (χ3v) is 6.23. The molecule has 1 fully saturated rings. The number of thiophene rings is 1. The molecule has 0 saturated carbocycles. The summed E-state index contributed by atoms with van der Waals surface area (Å²) in [4.78, 5) is 28.2. The molecule has 1 aliphatic rings. The predicted octanol–water partition coefficient (Wildman–Crippen LogP) is 4.31. The maximum absolute atomic E-state index is 13.7. The number of esters is 1. The largest absolute Gasteiger partial charge is 0.466 e. The van der Waals surface area contributed by atoms with E-state index in [1.807, 2.05) is 28.1 Å². The molecular formula is C22H23FN2O3S. The van der Waals surface area contributed by atoms with Crippen molar-refractivity contribution >= 4 is 33.4 Å². The number of fused-ring (bicyclic) bond motifs is 1. The summed E-state index contributed by atoms with van der Waals surface area (Å²) in [7, 11) is 0. The van der Waals surface area contributed by atoms with Crippen LogP contribution in [0.5, 0.6) is 0 Å². The maximum Gasteiger partial charge on any atom is 0.310 e. The van der Waals surface area contributed by atoms with E-state index in [1.54, 1.807) is 29.2 Å². The number of rotatable bonds is 5. The van der Waals surface area contributed by atoms with Crippen LogP contribution in [0.3, 0.4) is 0 Å². The van der Waals surface area contributed by atoms with Gasteiger partial charge in [-0.05, 0) is 55.0 Å². The van der Waals surface area contributed by atoms with Crippen LogP contribution in [0.4, 0.5) is 4.39 Å². The van der Waals surface area contributed by atoms with E-state index in [9.17, 15) is 14.0 Å². The first-order valence-corrected chi connectivity index (χ1v) is 10.7. The third-order valence-electron chi connectivity index (χ3n) is 5.28. The Morgan fingerprint density at radius 2 is 2.14 bits per heavy atom. The van der Waals surface area contributed by atoms with Crippen LogP contribution in [-0.2, 0) is 16.1 Å². The van der Waals surface area contributed by atoms with E-state index >= 15 is 0 Å². The number of amides is 1. The lowest BCUT2D eigenvalue weighted by Gasteiger charge is -2.31. The summed E-state index contributed by atoms with van der Waals surface area (Å²) in [6.45, 7) is 3.54. The van der Waals surface area contributed by atoms with Crippen molar-refractivity contribution in [2.45, 2.75) is 26.3 Å². The minimum Gasteiger partial charge on any atom is -0.466 e. The van der Waals surface area contributed by atoms with Crippen molar-refractivity contribution in [2.75, 3.05) is 19.7 Å². The SMILES string of the molecule is CCOC(=O)[C@@H]1CCCN(C(=O)c2cc3ccsc3n2Cc2cccc(F)c2)C1. The van der Waals surface area contributed by atoms with Gasteiger partial charge in [-0.25, -0.2) is 4.39 Å². The van der Waals surface area contributed by atoms with Gasteiger partial charge in [-0.15, -0.1) is 11.3 Å². The molecule has 0 unspecified atom stereocenters. The molecule has 0 N–H and O–H groups in total. The first-order valence-electron chi connectivity index (χ1n) is 9.84. The molecule has 4 rings (SSSR count). The Bertz CT molecular complexity index is 1040. The molecule has 2 aromatic heterocycles. The highest BCUT2D eigenvalue weighted by Crippen LogP contribution is 2.28. The quantitative estimate of drug-likeness (QED) is 0.585. The van der Waals surface area contributed by atoms with E-state index in [2.05, 4.69) is 0 Å². The van der Waals surface area contributed by atoms with Crippen LogP contribution >= 0.6 is 11.3 Å². The molecule has 1 saturated heterocycles. The number of piperidine rings is 1. The molecule has 3 heterocycles. The van der Waals surface area contributed by atoms with Gasteiger partial charge in [0.25, 0.3) is 5.91 Å². The van der Waals surface area contributed by atoms with Gasteiger partial charge in [0.2, 0.25) is 0 Å².